The first-order valence-electron chi connectivity index (χ1n) is 9.76. The molecule has 0 radical (unpaired) electrons. The number of hydrogen-bond donors (Lipinski definition) is 2. The van der Waals surface area contributed by atoms with Gasteiger partial charge in [0.05, 0.1) is 42.5 Å². The van der Waals surface area contributed by atoms with Gasteiger partial charge in [0.1, 0.15) is 5.60 Å². The highest BCUT2D eigenvalue weighted by Gasteiger charge is 2.47. The Labute approximate surface area is 179 Å². The fourth-order valence-electron chi connectivity index (χ4n) is 2.95. The molecule has 2 N–H and O–H groups in total. The number of nitrogens with zero attached hydrogens (tertiary/aromatic N) is 4. The highest BCUT2D eigenvalue weighted by molar-refractivity contribution is 6.37. The van der Waals surface area contributed by atoms with Gasteiger partial charge in [-0.2, -0.15) is 5.10 Å². The van der Waals surface area contributed by atoms with Crippen LogP contribution in [-0.2, 0) is 20.0 Å². The van der Waals surface area contributed by atoms with Crippen LogP contribution < -0.4 is 10.3 Å². The number of hydrazone groups is 1. The molecule has 0 saturated carbocycles. The molecular weight excluding hydrogens is 402 g/mol. The SMILES string of the molecule is CCOC(=O)C1=NN(c2cccnc2)C(O)(c2ccc(NC(=O)OC(C)(C)C)cn2)C1. The van der Waals surface area contributed by atoms with Crippen molar-refractivity contribution >= 4 is 29.1 Å². The van der Waals surface area contributed by atoms with Crippen LogP contribution in [0.1, 0.15) is 39.8 Å². The number of amides is 1. The minimum absolute atomic E-state index is 0.0611. The van der Waals surface area contributed by atoms with Gasteiger partial charge < -0.3 is 14.6 Å². The summed E-state index contributed by atoms with van der Waals surface area (Å²) in [6, 6.07) is 6.51. The number of carbonyl (C=O) groups excluding carboxylic acids is 2. The molecule has 1 unspecified atom stereocenters. The Balaban J connectivity index is 1.87. The standard InChI is InChI=1S/C21H25N5O5/c1-5-30-18(27)16-11-21(29,26(25-16)15-7-6-10-22-13-15)17-9-8-14(12-23-17)24-19(28)31-20(2,3)4/h6-10,12-13,29H,5,11H2,1-4H3,(H,24,28). The highest BCUT2D eigenvalue weighted by atomic mass is 16.6. The molecule has 2 aromatic rings. The fraction of sp³-hybridized carbons (Fsp3) is 0.381. The summed E-state index contributed by atoms with van der Waals surface area (Å²) in [7, 11) is 0. The molecule has 1 atom stereocenters. The Morgan fingerprint density at radius 2 is 2.03 bits per heavy atom. The largest absolute Gasteiger partial charge is 0.461 e. The molecule has 3 rings (SSSR count). The van der Waals surface area contributed by atoms with Crippen molar-refractivity contribution in [2.24, 2.45) is 5.10 Å². The van der Waals surface area contributed by atoms with E-state index < -0.39 is 23.4 Å². The monoisotopic (exact) mass is 427 g/mol. The van der Waals surface area contributed by atoms with Crippen molar-refractivity contribution in [3.05, 3.63) is 48.5 Å². The van der Waals surface area contributed by atoms with E-state index in [1.807, 2.05) is 0 Å². The summed E-state index contributed by atoms with van der Waals surface area (Å²) in [6.45, 7) is 7.16. The minimum Gasteiger partial charge on any atom is -0.461 e. The van der Waals surface area contributed by atoms with Gasteiger partial charge in [-0.25, -0.2) is 14.6 Å². The maximum atomic E-state index is 12.2. The molecule has 0 aliphatic carbocycles. The third kappa shape index (κ3) is 5.15. The number of aliphatic hydroxyl groups is 1. The number of nitrogens with one attached hydrogen (secondary N) is 1. The molecule has 0 aromatic carbocycles. The van der Waals surface area contributed by atoms with Crippen molar-refractivity contribution in [1.82, 2.24) is 9.97 Å². The van der Waals surface area contributed by atoms with Crippen molar-refractivity contribution in [3.8, 4) is 0 Å². The van der Waals surface area contributed by atoms with E-state index in [2.05, 4.69) is 20.4 Å². The van der Waals surface area contributed by atoms with Gasteiger partial charge in [0.15, 0.2) is 5.71 Å². The molecule has 3 heterocycles. The van der Waals surface area contributed by atoms with Gasteiger partial charge in [-0.15, -0.1) is 0 Å². The molecule has 31 heavy (non-hydrogen) atoms. The van der Waals surface area contributed by atoms with Crippen molar-refractivity contribution in [2.75, 3.05) is 16.9 Å². The van der Waals surface area contributed by atoms with Gasteiger partial charge in [0.25, 0.3) is 0 Å². The Bertz CT molecular complexity index is 972. The van der Waals surface area contributed by atoms with E-state index in [0.717, 1.165) is 0 Å². The lowest BCUT2D eigenvalue weighted by atomic mass is 10.0. The second-order valence-corrected chi connectivity index (χ2v) is 7.84. The third-order valence-corrected chi connectivity index (χ3v) is 4.21. The molecule has 1 amide bonds. The van der Waals surface area contributed by atoms with Crippen LogP contribution in [0.4, 0.5) is 16.2 Å². The average Bonchev–Trinajstić information content (AvgIpc) is 3.07. The zero-order valence-corrected chi connectivity index (χ0v) is 17.8. The normalized spacial score (nSPS) is 18.4. The molecule has 164 valence electrons. The average molecular weight is 427 g/mol. The van der Waals surface area contributed by atoms with Gasteiger partial charge in [0.2, 0.25) is 5.72 Å². The van der Waals surface area contributed by atoms with E-state index in [9.17, 15) is 14.7 Å². The van der Waals surface area contributed by atoms with Gasteiger partial charge in [-0.3, -0.25) is 15.3 Å². The lowest BCUT2D eigenvalue weighted by Crippen LogP contribution is -2.41. The summed E-state index contributed by atoms with van der Waals surface area (Å²) in [5, 5.41) is 19.6. The van der Waals surface area contributed by atoms with Crippen molar-refractivity contribution in [2.45, 2.75) is 45.4 Å². The number of rotatable bonds is 5. The molecule has 0 saturated heterocycles. The van der Waals surface area contributed by atoms with Crippen molar-refractivity contribution < 1.29 is 24.2 Å². The van der Waals surface area contributed by atoms with Crippen LogP contribution in [0, 0.1) is 0 Å². The molecule has 1 aliphatic heterocycles. The number of ether oxygens (including phenoxy) is 2. The molecule has 2 aromatic heterocycles. The Morgan fingerprint density at radius 1 is 1.26 bits per heavy atom. The van der Waals surface area contributed by atoms with Crippen LogP contribution in [0.5, 0.6) is 0 Å². The summed E-state index contributed by atoms with van der Waals surface area (Å²) < 4.78 is 10.3. The lowest BCUT2D eigenvalue weighted by molar-refractivity contribution is -0.135. The molecule has 10 nitrogen and oxygen atoms in total. The number of pyridine rings is 2. The maximum absolute atomic E-state index is 12.2. The van der Waals surface area contributed by atoms with E-state index >= 15 is 0 Å². The predicted molar refractivity (Wildman–Crippen MR) is 113 cm³/mol. The first kappa shape index (κ1) is 22.2. The van der Waals surface area contributed by atoms with E-state index in [0.29, 0.717) is 11.4 Å². The third-order valence-electron chi connectivity index (χ3n) is 4.21. The molecule has 0 spiro atoms. The fourth-order valence-corrected chi connectivity index (χ4v) is 2.95. The van der Waals surface area contributed by atoms with Crippen LogP contribution in [0.2, 0.25) is 0 Å². The van der Waals surface area contributed by atoms with Crippen LogP contribution in [0.25, 0.3) is 0 Å². The quantitative estimate of drug-likeness (QED) is 0.698. The van der Waals surface area contributed by atoms with Gasteiger partial charge in [-0.05, 0) is 52.0 Å². The van der Waals surface area contributed by atoms with E-state index in [-0.39, 0.29) is 24.4 Å². The zero-order valence-electron chi connectivity index (χ0n) is 17.8. The number of carbonyl (C=O) groups is 2. The molecule has 10 heteroatoms. The van der Waals surface area contributed by atoms with E-state index in [1.54, 1.807) is 58.2 Å². The van der Waals surface area contributed by atoms with Crippen molar-refractivity contribution in [1.29, 1.82) is 0 Å². The van der Waals surface area contributed by atoms with Gasteiger partial charge in [-0.1, -0.05) is 0 Å². The Morgan fingerprint density at radius 3 is 2.61 bits per heavy atom. The van der Waals surface area contributed by atoms with E-state index in [1.165, 1.54) is 17.4 Å². The second kappa shape index (κ2) is 8.68. The molecular formula is C21H25N5O5. The smallest absolute Gasteiger partial charge is 0.412 e. The Hall–Kier alpha value is -3.53. The maximum Gasteiger partial charge on any atom is 0.412 e. The summed E-state index contributed by atoms with van der Waals surface area (Å²) in [5.41, 5.74) is -1.22. The molecule has 0 bridgehead atoms. The molecule has 0 fully saturated rings. The molecule has 1 aliphatic rings. The first-order chi connectivity index (χ1) is 14.6. The van der Waals surface area contributed by atoms with Crippen LogP contribution >= 0.6 is 0 Å². The summed E-state index contributed by atoms with van der Waals surface area (Å²) in [5.74, 6) is -0.615. The number of aromatic nitrogens is 2. The van der Waals surface area contributed by atoms with Crippen LogP contribution in [0.3, 0.4) is 0 Å². The second-order valence-electron chi connectivity index (χ2n) is 7.84. The van der Waals surface area contributed by atoms with Gasteiger partial charge in [0, 0.05) is 6.20 Å². The summed E-state index contributed by atoms with van der Waals surface area (Å²) in [6.07, 6.45) is 3.74. The topological polar surface area (TPSA) is 126 Å². The first-order valence-corrected chi connectivity index (χ1v) is 9.76. The predicted octanol–water partition coefficient (Wildman–Crippen LogP) is 2.80. The Kier molecular flexibility index (Phi) is 6.21. The van der Waals surface area contributed by atoms with Crippen LogP contribution in [0.15, 0.2) is 48.0 Å². The number of esters is 1. The van der Waals surface area contributed by atoms with Gasteiger partial charge >= 0.3 is 12.1 Å². The zero-order chi connectivity index (χ0) is 22.6. The van der Waals surface area contributed by atoms with Crippen molar-refractivity contribution in [3.63, 3.8) is 0 Å². The summed E-state index contributed by atoms with van der Waals surface area (Å²) >= 11 is 0. The van der Waals surface area contributed by atoms with E-state index in [4.69, 9.17) is 9.47 Å². The number of hydrogen-bond acceptors (Lipinski definition) is 9. The minimum atomic E-state index is -1.74. The lowest BCUT2D eigenvalue weighted by Gasteiger charge is -2.31. The van der Waals surface area contributed by atoms with Crippen LogP contribution in [-0.4, -0.2) is 45.1 Å². The number of anilines is 2. The summed E-state index contributed by atoms with van der Waals surface area (Å²) in [4.78, 5) is 32.5. The highest BCUT2D eigenvalue weighted by Crippen LogP contribution is 2.38.